The molecule has 0 atom stereocenters. The molecule has 0 unspecified atom stereocenters. The number of para-hydroxylation sites is 1. The lowest BCUT2D eigenvalue weighted by Crippen LogP contribution is -2.20. The van der Waals surface area contributed by atoms with Gasteiger partial charge in [-0.25, -0.2) is 4.79 Å². The number of rotatable bonds is 6. The van der Waals surface area contributed by atoms with Crippen molar-refractivity contribution in [3.8, 4) is 5.75 Å². The van der Waals surface area contributed by atoms with Crippen molar-refractivity contribution >= 4 is 5.97 Å². The number of benzene rings is 2. The van der Waals surface area contributed by atoms with Crippen LogP contribution in [-0.4, -0.2) is 25.4 Å². The first-order valence-electron chi connectivity index (χ1n) is 6.95. The average Bonchev–Trinajstić information content (AvgIpc) is 2.54. The summed E-state index contributed by atoms with van der Waals surface area (Å²) < 4.78 is 46.6. The number of hydrogen-bond acceptors (Lipinski definition) is 3. The van der Waals surface area contributed by atoms with Gasteiger partial charge < -0.3 is 9.47 Å². The molecule has 2 rings (SSSR count). The summed E-state index contributed by atoms with van der Waals surface area (Å²) in [5, 5.41) is 0. The Kier molecular flexibility index (Phi) is 5.62. The Labute approximate surface area is 131 Å². The van der Waals surface area contributed by atoms with Crippen molar-refractivity contribution in [2.45, 2.75) is 12.6 Å². The smallest absolute Gasteiger partial charge is 0.422 e. The fourth-order valence-corrected chi connectivity index (χ4v) is 1.92. The summed E-state index contributed by atoms with van der Waals surface area (Å²) in [6, 6.07) is 14.9. The molecule has 122 valence electrons. The standard InChI is InChI=1S/C17H15F3O3/c18-17(19,20)12-23-15-9-5-4-6-13(15)10-11-22-16(21)14-7-2-1-3-8-14/h1-9H,10-12H2. The topological polar surface area (TPSA) is 35.5 Å². The summed E-state index contributed by atoms with van der Waals surface area (Å²) in [6.45, 7) is -1.30. The van der Waals surface area contributed by atoms with Crippen molar-refractivity contribution in [2.24, 2.45) is 0 Å². The molecule has 0 aliphatic rings. The first-order chi connectivity index (χ1) is 11.0. The number of hydrogen-bond donors (Lipinski definition) is 0. The number of carbonyl (C=O) groups excluding carboxylic acids is 1. The summed E-state index contributed by atoms with van der Waals surface area (Å²) in [5.74, 6) is -0.333. The predicted molar refractivity (Wildman–Crippen MR) is 78.4 cm³/mol. The molecular formula is C17H15F3O3. The van der Waals surface area contributed by atoms with Gasteiger partial charge in [0.15, 0.2) is 6.61 Å². The van der Waals surface area contributed by atoms with E-state index in [1.807, 2.05) is 0 Å². The van der Waals surface area contributed by atoms with Crippen LogP contribution in [0.15, 0.2) is 54.6 Å². The number of esters is 1. The van der Waals surface area contributed by atoms with Crippen LogP contribution in [0.25, 0.3) is 0 Å². The molecular weight excluding hydrogens is 309 g/mol. The van der Waals surface area contributed by atoms with Crippen LogP contribution in [0.1, 0.15) is 15.9 Å². The van der Waals surface area contributed by atoms with E-state index >= 15 is 0 Å². The van der Waals surface area contributed by atoms with Crippen LogP contribution in [0, 0.1) is 0 Å². The lowest BCUT2D eigenvalue weighted by Gasteiger charge is -2.13. The zero-order valence-corrected chi connectivity index (χ0v) is 12.2. The highest BCUT2D eigenvalue weighted by atomic mass is 19.4. The third-order valence-electron chi connectivity index (χ3n) is 2.98. The number of carbonyl (C=O) groups is 1. The zero-order chi connectivity index (χ0) is 16.7. The third kappa shape index (κ3) is 5.65. The van der Waals surface area contributed by atoms with Gasteiger partial charge in [-0.3, -0.25) is 0 Å². The van der Waals surface area contributed by atoms with E-state index in [9.17, 15) is 18.0 Å². The van der Waals surface area contributed by atoms with Crippen LogP contribution in [0.2, 0.25) is 0 Å². The monoisotopic (exact) mass is 324 g/mol. The Hall–Kier alpha value is -2.50. The molecule has 2 aromatic carbocycles. The van der Waals surface area contributed by atoms with Crippen molar-refractivity contribution < 1.29 is 27.4 Å². The normalized spacial score (nSPS) is 11.1. The van der Waals surface area contributed by atoms with E-state index in [0.717, 1.165) is 0 Å². The van der Waals surface area contributed by atoms with Crippen LogP contribution >= 0.6 is 0 Å². The first kappa shape index (κ1) is 16.9. The second-order valence-corrected chi connectivity index (χ2v) is 4.76. The van der Waals surface area contributed by atoms with Gasteiger partial charge >= 0.3 is 12.1 Å². The Bertz CT molecular complexity index is 639. The Morgan fingerprint density at radius 2 is 1.61 bits per heavy atom. The van der Waals surface area contributed by atoms with Gasteiger partial charge in [-0.05, 0) is 23.8 Å². The Balaban J connectivity index is 1.89. The molecule has 0 saturated heterocycles. The van der Waals surface area contributed by atoms with Crippen molar-refractivity contribution in [3.05, 3.63) is 65.7 Å². The molecule has 0 aliphatic heterocycles. The third-order valence-corrected chi connectivity index (χ3v) is 2.98. The highest BCUT2D eigenvalue weighted by Gasteiger charge is 2.28. The molecule has 0 fully saturated rings. The van der Waals surface area contributed by atoms with Crippen molar-refractivity contribution in [1.29, 1.82) is 0 Å². The van der Waals surface area contributed by atoms with Crippen LogP contribution in [0.4, 0.5) is 13.2 Å². The molecule has 2 aromatic rings. The van der Waals surface area contributed by atoms with Gasteiger partial charge in [0, 0.05) is 6.42 Å². The quantitative estimate of drug-likeness (QED) is 0.753. The number of alkyl halides is 3. The van der Waals surface area contributed by atoms with E-state index in [-0.39, 0.29) is 18.8 Å². The second-order valence-electron chi connectivity index (χ2n) is 4.76. The molecule has 0 saturated carbocycles. The Morgan fingerprint density at radius 3 is 2.30 bits per heavy atom. The molecule has 0 aromatic heterocycles. The highest BCUT2D eigenvalue weighted by molar-refractivity contribution is 5.89. The van der Waals surface area contributed by atoms with Crippen LogP contribution in [-0.2, 0) is 11.2 Å². The highest BCUT2D eigenvalue weighted by Crippen LogP contribution is 2.22. The summed E-state index contributed by atoms with van der Waals surface area (Å²) in [4.78, 5) is 11.8. The summed E-state index contributed by atoms with van der Waals surface area (Å²) >= 11 is 0. The van der Waals surface area contributed by atoms with E-state index in [2.05, 4.69) is 0 Å². The lowest BCUT2D eigenvalue weighted by atomic mass is 10.1. The Morgan fingerprint density at radius 1 is 0.957 bits per heavy atom. The van der Waals surface area contributed by atoms with Gasteiger partial charge in [0.05, 0.1) is 12.2 Å². The van der Waals surface area contributed by atoms with Crippen molar-refractivity contribution in [3.63, 3.8) is 0 Å². The molecule has 0 heterocycles. The molecule has 6 heteroatoms. The van der Waals surface area contributed by atoms with E-state index < -0.39 is 18.8 Å². The molecule has 0 aliphatic carbocycles. The molecule has 23 heavy (non-hydrogen) atoms. The van der Waals surface area contributed by atoms with Crippen LogP contribution in [0.5, 0.6) is 5.75 Å². The number of ether oxygens (including phenoxy) is 2. The minimum absolute atomic E-state index is 0.0557. The maximum atomic E-state index is 12.2. The van der Waals surface area contributed by atoms with E-state index in [1.54, 1.807) is 48.5 Å². The lowest BCUT2D eigenvalue weighted by molar-refractivity contribution is -0.153. The van der Waals surface area contributed by atoms with E-state index in [0.29, 0.717) is 11.1 Å². The maximum Gasteiger partial charge on any atom is 0.422 e. The fourth-order valence-electron chi connectivity index (χ4n) is 1.92. The van der Waals surface area contributed by atoms with E-state index in [1.165, 1.54) is 6.07 Å². The fraction of sp³-hybridized carbons (Fsp3) is 0.235. The predicted octanol–water partition coefficient (Wildman–Crippen LogP) is 4.03. The maximum absolute atomic E-state index is 12.2. The minimum atomic E-state index is -4.40. The van der Waals surface area contributed by atoms with Gasteiger partial charge in [0.1, 0.15) is 5.75 Å². The van der Waals surface area contributed by atoms with Gasteiger partial charge in [0.25, 0.3) is 0 Å². The van der Waals surface area contributed by atoms with Gasteiger partial charge in [-0.15, -0.1) is 0 Å². The second kappa shape index (κ2) is 7.67. The molecule has 0 radical (unpaired) electrons. The molecule has 3 nitrogen and oxygen atoms in total. The first-order valence-corrected chi connectivity index (χ1v) is 6.95. The molecule has 0 N–H and O–H groups in total. The average molecular weight is 324 g/mol. The number of halogens is 3. The summed E-state index contributed by atoms with van der Waals surface area (Å²) in [6.07, 6.45) is -4.13. The van der Waals surface area contributed by atoms with Crippen LogP contribution in [0.3, 0.4) is 0 Å². The largest absolute Gasteiger partial charge is 0.484 e. The SMILES string of the molecule is O=C(OCCc1ccccc1OCC(F)(F)F)c1ccccc1. The van der Waals surface area contributed by atoms with Crippen molar-refractivity contribution in [1.82, 2.24) is 0 Å². The van der Waals surface area contributed by atoms with Crippen LogP contribution < -0.4 is 4.74 Å². The van der Waals surface area contributed by atoms with Gasteiger partial charge in [-0.1, -0.05) is 36.4 Å². The molecule has 0 amide bonds. The molecule has 0 spiro atoms. The minimum Gasteiger partial charge on any atom is -0.484 e. The molecule has 0 bridgehead atoms. The summed E-state index contributed by atoms with van der Waals surface area (Å²) in [5.41, 5.74) is 0.978. The zero-order valence-electron chi connectivity index (χ0n) is 12.2. The van der Waals surface area contributed by atoms with Crippen molar-refractivity contribution in [2.75, 3.05) is 13.2 Å². The van der Waals surface area contributed by atoms with E-state index in [4.69, 9.17) is 9.47 Å². The summed E-state index contributed by atoms with van der Waals surface area (Å²) in [7, 11) is 0. The van der Waals surface area contributed by atoms with Gasteiger partial charge in [0.2, 0.25) is 0 Å². The van der Waals surface area contributed by atoms with Gasteiger partial charge in [-0.2, -0.15) is 13.2 Å².